The molecule has 0 radical (unpaired) electrons. The summed E-state index contributed by atoms with van der Waals surface area (Å²) in [5.74, 6) is 0.955. The summed E-state index contributed by atoms with van der Waals surface area (Å²) in [4.78, 5) is 16.3. The largest absolute Gasteiger partial charge is 0.439 e. The Bertz CT molecular complexity index is 831. The van der Waals surface area contributed by atoms with Crippen LogP contribution in [-0.4, -0.2) is 22.6 Å². The van der Waals surface area contributed by atoms with Crippen LogP contribution in [0.3, 0.4) is 0 Å². The van der Waals surface area contributed by atoms with E-state index in [4.69, 9.17) is 9.84 Å². The van der Waals surface area contributed by atoms with Crippen molar-refractivity contribution >= 4 is 11.6 Å². The lowest BCUT2D eigenvalue weighted by molar-refractivity contribution is 0.102. The Morgan fingerprint density at radius 1 is 1.00 bits per heavy atom. The maximum atomic E-state index is 12.1. The topological polar surface area (TPSA) is 71.5 Å². The van der Waals surface area contributed by atoms with E-state index in [1.807, 2.05) is 42.5 Å². The molecule has 0 aliphatic rings. The number of aliphatic hydroxyl groups excluding tert-OH is 1. The molecule has 1 aromatic heterocycles. The first-order valence-corrected chi connectivity index (χ1v) is 8.45. The average Bonchev–Trinajstić information content (AvgIpc) is 2.69. The number of amides is 1. The van der Waals surface area contributed by atoms with E-state index in [0.717, 1.165) is 18.4 Å². The van der Waals surface area contributed by atoms with Gasteiger partial charge in [0.25, 0.3) is 5.91 Å². The lowest BCUT2D eigenvalue weighted by Crippen LogP contribution is -2.11. The van der Waals surface area contributed by atoms with Crippen LogP contribution >= 0.6 is 0 Å². The molecule has 0 aliphatic carbocycles. The van der Waals surface area contributed by atoms with Crippen LogP contribution in [0.15, 0.2) is 72.9 Å². The summed E-state index contributed by atoms with van der Waals surface area (Å²) in [6.07, 6.45) is 3.15. The number of aryl methyl sites for hydroxylation is 1. The summed E-state index contributed by atoms with van der Waals surface area (Å²) in [6, 6.07) is 20.2. The maximum Gasteiger partial charge on any atom is 0.255 e. The van der Waals surface area contributed by atoms with Gasteiger partial charge >= 0.3 is 0 Å². The van der Waals surface area contributed by atoms with E-state index in [9.17, 15) is 4.79 Å². The molecule has 1 heterocycles. The third-order valence-electron chi connectivity index (χ3n) is 3.80. The van der Waals surface area contributed by atoms with Crippen LogP contribution in [0.1, 0.15) is 22.3 Å². The molecule has 26 heavy (non-hydrogen) atoms. The zero-order valence-corrected chi connectivity index (χ0v) is 14.3. The van der Waals surface area contributed by atoms with E-state index in [1.54, 1.807) is 30.5 Å². The van der Waals surface area contributed by atoms with Crippen LogP contribution in [-0.2, 0) is 6.42 Å². The van der Waals surface area contributed by atoms with Gasteiger partial charge in [0.2, 0.25) is 5.88 Å². The summed E-state index contributed by atoms with van der Waals surface area (Å²) in [6.45, 7) is 0.190. The highest BCUT2D eigenvalue weighted by Gasteiger charge is 2.06. The fraction of sp³-hybridized carbons (Fsp3) is 0.143. The Morgan fingerprint density at radius 2 is 1.77 bits per heavy atom. The average molecular weight is 348 g/mol. The second-order valence-corrected chi connectivity index (χ2v) is 5.78. The number of hydrogen-bond donors (Lipinski definition) is 2. The number of carbonyl (C=O) groups is 1. The van der Waals surface area contributed by atoms with Crippen molar-refractivity contribution in [1.29, 1.82) is 0 Å². The number of hydrogen-bond acceptors (Lipinski definition) is 4. The number of aliphatic hydroxyl groups is 1. The van der Waals surface area contributed by atoms with Crippen LogP contribution in [0.4, 0.5) is 5.69 Å². The van der Waals surface area contributed by atoms with Crippen molar-refractivity contribution in [2.75, 3.05) is 11.9 Å². The molecule has 0 aliphatic heterocycles. The summed E-state index contributed by atoms with van der Waals surface area (Å²) >= 11 is 0. The maximum absolute atomic E-state index is 12.1. The van der Waals surface area contributed by atoms with Crippen molar-refractivity contribution in [3.05, 3.63) is 84.1 Å². The van der Waals surface area contributed by atoms with Gasteiger partial charge in [-0.3, -0.25) is 4.79 Å². The molecule has 3 rings (SSSR count). The molecule has 0 saturated heterocycles. The van der Waals surface area contributed by atoms with Gasteiger partial charge in [-0.2, -0.15) is 0 Å². The van der Waals surface area contributed by atoms with Gasteiger partial charge in [0.1, 0.15) is 5.75 Å². The summed E-state index contributed by atoms with van der Waals surface area (Å²) in [5.41, 5.74) is 2.35. The normalized spacial score (nSPS) is 10.3. The van der Waals surface area contributed by atoms with E-state index in [0.29, 0.717) is 22.9 Å². The van der Waals surface area contributed by atoms with E-state index < -0.39 is 0 Å². The number of rotatable bonds is 7. The van der Waals surface area contributed by atoms with E-state index >= 15 is 0 Å². The van der Waals surface area contributed by atoms with E-state index in [-0.39, 0.29) is 12.5 Å². The molecule has 0 fully saturated rings. The van der Waals surface area contributed by atoms with E-state index in [1.165, 1.54) is 0 Å². The van der Waals surface area contributed by atoms with Crippen LogP contribution in [0.5, 0.6) is 11.6 Å². The minimum Gasteiger partial charge on any atom is -0.439 e. The first-order valence-electron chi connectivity index (χ1n) is 8.45. The highest BCUT2D eigenvalue weighted by molar-refractivity contribution is 6.04. The molecule has 3 aromatic rings. The van der Waals surface area contributed by atoms with Gasteiger partial charge in [-0.25, -0.2) is 4.98 Å². The molecule has 0 unspecified atom stereocenters. The van der Waals surface area contributed by atoms with Gasteiger partial charge in [-0.1, -0.05) is 30.3 Å². The monoisotopic (exact) mass is 348 g/mol. The first-order chi connectivity index (χ1) is 12.7. The van der Waals surface area contributed by atoms with Gasteiger partial charge in [-0.05, 0) is 48.7 Å². The Morgan fingerprint density at radius 3 is 2.42 bits per heavy atom. The quantitative estimate of drug-likeness (QED) is 0.676. The van der Waals surface area contributed by atoms with Gasteiger partial charge in [0.15, 0.2) is 0 Å². The van der Waals surface area contributed by atoms with Crippen molar-refractivity contribution in [2.45, 2.75) is 12.8 Å². The number of aromatic nitrogens is 1. The predicted octanol–water partition coefficient (Wildman–Crippen LogP) is 4.05. The highest BCUT2D eigenvalue weighted by atomic mass is 16.5. The Labute approximate surface area is 152 Å². The molecular formula is C21H20N2O3. The zero-order chi connectivity index (χ0) is 18.2. The fourth-order valence-electron chi connectivity index (χ4n) is 2.44. The molecule has 5 nitrogen and oxygen atoms in total. The predicted molar refractivity (Wildman–Crippen MR) is 101 cm³/mol. The number of nitrogens with one attached hydrogen (secondary N) is 1. The fourth-order valence-corrected chi connectivity index (χ4v) is 2.44. The lowest BCUT2D eigenvalue weighted by Gasteiger charge is -2.08. The molecule has 132 valence electrons. The molecule has 0 saturated carbocycles. The molecule has 2 N–H and O–H groups in total. The molecule has 0 spiro atoms. The smallest absolute Gasteiger partial charge is 0.255 e. The van der Waals surface area contributed by atoms with Crippen LogP contribution in [0.2, 0.25) is 0 Å². The number of pyridine rings is 1. The van der Waals surface area contributed by atoms with Gasteiger partial charge in [0.05, 0.1) is 11.9 Å². The highest BCUT2D eigenvalue weighted by Crippen LogP contribution is 2.21. The Kier molecular flexibility index (Phi) is 5.96. The molecule has 2 aromatic carbocycles. The Hall–Kier alpha value is -3.18. The van der Waals surface area contributed by atoms with Gasteiger partial charge in [-0.15, -0.1) is 0 Å². The lowest BCUT2D eigenvalue weighted by atomic mass is 10.1. The second kappa shape index (κ2) is 8.78. The van der Waals surface area contributed by atoms with Crippen LogP contribution in [0.25, 0.3) is 0 Å². The van der Waals surface area contributed by atoms with Crippen molar-refractivity contribution < 1.29 is 14.6 Å². The third kappa shape index (κ3) is 4.91. The minimum atomic E-state index is -0.181. The molecule has 1 amide bonds. The standard InChI is InChI=1S/C21H20N2O3/c24-14-4-5-16-8-11-19(12-9-16)26-20-13-10-18(15-22-20)23-21(25)17-6-2-1-3-7-17/h1-3,6-13,15,24H,4-5,14H2,(H,23,25). The van der Waals surface area contributed by atoms with E-state index in [2.05, 4.69) is 10.3 Å². The van der Waals surface area contributed by atoms with Crippen molar-refractivity contribution in [2.24, 2.45) is 0 Å². The SMILES string of the molecule is O=C(Nc1ccc(Oc2ccc(CCCO)cc2)nc1)c1ccccc1. The first kappa shape index (κ1) is 17.6. The Balaban J connectivity index is 1.58. The van der Waals surface area contributed by atoms with Gasteiger partial charge in [0, 0.05) is 18.2 Å². The zero-order valence-electron chi connectivity index (χ0n) is 14.3. The van der Waals surface area contributed by atoms with Crippen LogP contribution < -0.4 is 10.1 Å². The van der Waals surface area contributed by atoms with Crippen molar-refractivity contribution in [3.63, 3.8) is 0 Å². The number of ether oxygens (including phenoxy) is 1. The van der Waals surface area contributed by atoms with Crippen molar-refractivity contribution in [3.8, 4) is 11.6 Å². The summed E-state index contributed by atoms with van der Waals surface area (Å²) < 4.78 is 5.71. The van der Waals surface area contributed by atoms with Crippen molar-refractivity contribution in [1.82, 2.24) is 4.98 Å². The number of carbonyl (C=O) groups excluding carboxylic acids is 1. The summed E-state index contributed by atoms with van der Waals surface area (Å²) in [7, 11) is 0. The minimum absolute atomic E-state index is 0.181. The van der Waals surface area contributed by atoms with Gasteiger partial charge < -0.3 is 15.2 Å². The molecular weight excluding hydrogens is 328 g/mol. The number of benzene rings is 2. The third-order valence-corrected chi connectivity index (χ3v) is 3.80. The van der Waals surface area contributed by atoms with Crippen LogP contribution in [0, 0.1) is 0 Å². The number of nitrogens with zero attached hydrogens (tertiary/aromatic N) is 1. The number of anilines is 1. The molecule has 0 bridgehead atoms. The molecule has 0 atom stereocenters. The molecule has 5 heteroatoms. The summed E-state index contributed by atoms with van der Waals surface area (Å²) in [5, 5.41) is 11.7. The second-order valence-electron chi connectivity index (χ2n) is 5.78.